The van der Waals surface area contributed by atoms with Crippen molar-refractivity contribution in [1.82, 2.24) is 5.32 Å². The Morgan fingerprint density at radius 2 is 2.20 bits per heavy atom. The van der Waals surface area contributed by atoms with Gasteiger partial charge in [0, 0.05) is 17.4 Å². The summed E-state index contributed by atoms with van der Waals surface area (Å²) in [6, 6.07) is 8.25. The van der Waals surface area contributed by atoms with E-state index in [1.165, 1.54) is 12.0 Å². The Morgan fingerprint density at radius 1 is 1.40 bits per heavy atom. The van der Waals surface area contributed by atoms with Gasteiger partial charge in [-0.25, -0.2) is 0 Å². The predicted molar refractivity (Wildman–Crippen MR) is 85.4 cm³/mol. The van der Waals surface area contributed by atoms with E-state index in [0.717, 1.165) is 36.7 Å². The fraction of sp³-hybridized carbons (Fsp3) is 0.562. The van der Waals surface area contributed by atoms with Gasteiger partial charge in [0.15, 0.2) is 0 Å². The minimum atomic E-state index is 0.153. The molecule has 20 heavy (non-hydrogen) atoms. The molecule has 1 aromatic rings. The number of hydrogen-bond donors (Lipinski definition) is 2. The summed E-state index contributed by atoms with van der Waals surface area (Å²) in [6.07, 6.45) is 5.97. The number of amides is 1. The number of nitrogens with two attached hydrogens (primary N) is 1. The molecule has 0 radical (unpaired) electrons. The first-order valence-electron chi connectivity index (χ1n) is 7.35. The third kappa shape index (κ3) is 4.32. The summed E-state index contributed by atoms with van der Waals surface area (Å²) in [5.41, 5.74) is 7.25. The molecule has 110 valence electrons. The molecule has 3 N–H and O–H groups in total. The monoisotopic (exact) mass is 338 g/mol. The Morgan fingerprint density at radius 3 is 2.80 bits per heavy atom. The molecular weight excluding hydrogens is 316 g/mol. The van der Waals surface area contributed by atoms with Gasteiger partial charge in [-0.1, -0.05) is 34.5 Å². The second-order valence-electron chi connectivity index (χ2n) is 5.82. The third-order valence-corrected chi connectivity index (χ3v) is 4.76. The van der Waals surface area contributed by atoms with Gasteiger partial charge in [0.05, 0.1) is 0 Å². The zero-order chi connectivity index (χ0) is 14.4. The second kappa shape index (κ2) is 7.23. The number of rotatable bonds is 7. The Kier molecular flexibility index (Phi) is 5.61. The highest BCUT2D eigenvalue weighted by Crippen LogP contribution is 2.39. The van der Waals surface area contributed by atoms with E-state index in [0.29, 0.717) is 13.0 Å². The number of carbonyl (C=O) groups is 1. The molecule has 1 aliphatic carbocycles. The molecule has 1 saturated carbocycles. The predicted octanol–water partition coefficient (Wildman–Crippen LogP) is 3.02. The highest BCUT2D eigenvalue weighted by molar-refractivity contribution is 9.10. The minimum absolute atomic E-state index is 0.153. The van der Waals surface area contributed by atoms with Crippen molar-refractivity contribution in [3.8, 4) is 0 Å². The van der Waals surface area contributed by atoms with Crippen LogP contribution >= 0.6 is 15.9 Å². The topological polar surface area (TPSA) is 55.1 Å². The average molecular weight is 339 g/mol. The zero-order valence-electron chi connectivity index (χ0n) is 11.8. The molecule has 0 saturated heterocycles. The minimum Gasteiger partial charge on any atom is -0.355 e. The van der Waals surface area contributed by atoms with Crippen LogP contribution in [0.4, 0.5) is 0 Å². The Hall–Kier alpha value is -0.870. The van der Waals surface area contributed by atoms with Crippen LogP contribution < -0.4 is 11.1 Å². The van der Waals surface area contributed by atoms with Gasteiger partial charge in [-0.3, -0.25) is 4.79 Å². The van der Waals surface area contributed by atoms with E-state index >= 15 is 0 Å². The smallest absolute Gasteiger partial charge is 0.220 e. The lowest BCUT2D eigenvalue weighted by Crippen LogP contribution is -2.46. The highest BCUT2D eigenvalue weighted by atomic mass is 79.9. The summed E-state index contributed by atoms with van der Waals surface area (Å²) in [4.78, 5) is 11.8. The molecule has 1 fully saturated rings. The van der Waals surface area contributed by atoms with Gasteiger partial charge in [-0.05, 0) is 55.3 Å². The summed E-state index contributed by atoms with van der Waals surface area (Å²) in [6.45, 7) is 1.44. The summed E-state index contributed by atoms with van der Waals surface area (Å²) in [5, 5.41) is 3.05. The normalized spacial score (nSPS) is 16.5. The number of carbonyl (C=O) groups excluding carboxylic acids is 1. The van der Waals surface area contributed by atoms with Crippen molar-refractivity contribution in [3.63, 3.8) is 0 Å². The van der Waals surface area contributed by atoms with Crippen LogP contribution in [-0.2, 0) is 11.2 Å². The first kappa shape index (κ1) is 15.5. The van der Waals surface area contributed by atoms with E-state index in [-0.39, 0.29) is 11.3 Å². The van der Waals surface area contributed by atoms with Gasteiger partial charge in [0.1, 0.15) is 0 Å². The van der Waals surface area contributed by atoms with E-state index < -0.39 is 0 Å². The van der Waals surface area contributed by atoms with Crippen molar-refractivity contribution in [1.29, 1.82) is 0 Å². The van der Waals surface area contributed by atoms with Crippen LogP contribution in [0.15, 0.2) is 28.7 Å². The van der Waals surface area contributed by atoms with Crippen LogP contribution in [0, 0.1) is 5.41 Å². The molecule has 0 heterocycles. The van der Waals surface area contributed by atoms with Gasteiger partial charge in [-0.2, -0.15) is 0 Å². The second-order valence-corrected chi connectivity index (χ2v) is 6.73. The molecule has 0 aliphatic heterocycles. The maximum absolute atomic E-state index is 11.8. The summed E-state index contributed by atoms with van der Waals surface area (Å²) < 4.78 is 1.09. The number of benzene rings is 1. The van der Waals surface area contributed by atoms with E-state index in [4.69, 9.17) is 5.73 Å². The van der Waals surface area contributed by atoms with Gasteiger partial charge >= 0.3 is 0 Å². The van der Waals surface area contributed by atoms with Crippen molar-refractivity contribution in [2.24, 2.45) is 11.1 Å². The molecule has 1 aliphatic rings. The van der Waals surface area contributed by atoms with Gasteiger partial charge in [0.2, 0.25) is 5.91 Å². The lowest BCUT2D eigenvalue weighted by Gasteiger charge is -2.41. The maximum atomic E-state index is 11.8. The van der Waals surface area contributed by atoms with Crippen LogP contribution in [-0.4, -0.2) is 19.0 Å². The number of nitrogens with one attached hydrogen (secondary N) is 1. The molecule has 0 atom stereocenters. The number of halogens is 1. The van der Waals surface area contributed by atoms with Crippen LogP contribution in [0.5, 0.6) is 0 Å². The van der Waals surface area contributed by atoms with E-state index in [1.54, 1.807) is 0 Å². The first-order chi connectivity index (χ1) is 9.63. The van der Waals surface area contributed by atoms with Crippen molar-refractivity contribution >= 4 is 21.8 Å². The first-order valence-corrected chi connectivity index (χ1v) is 8.14. The molecule has 3 nitrogen and oxygen atoms in total. The zero-order valence-corrected chi connectivity index (χ0v) is 13.4. The lowest BCUT2D eigenvalue weighted by atomic mass is 9.69. The van der Waals surface area contributed by atoms with Crippen molar-refractivity contribution < 1.29 is 4.79 Å². The Bertz CT molecular complexity index is 452. The quantitative estimate of drug-likeness (QED) is 0.802. The van der Waals surface area contributed by atoms with Gasteiger partial charge < -0.3 is 11.1 Å². The molecule has 2 rings (SSSR count). The van der Waals surface area contributed by atoms with E-state index in [2.05, 4.69) is 33.4 Å². The van der Waals surface area contributed by atoms with Crippen LogP contribution in [0.2, 0.25) is 0 Å². The maximum Gasteiger partial charge on any atom is 0.220 e. The highest BCUT2D eigenvalue weighted by Gasteiger charge is 2.35. The fourth-order valence-corrected chi connectivity index (χ4v) is 3.10. The molecule has 0 aromatic heterocycles. The largest absolute Gasteiger partial charge is 0.355 e. The van der Waals surface area contributed by atoms with Crippen molar-refractivity contribution in [3.05, 3.63) is 34.3 Å². The van der Waals surface area contributed by atoms with E-state index in [9.17, 15) is 4.79 Å². The molecule has 0 bridgehead atoms. The van der Waals surface area contributed by atoms with Crippen molar-refractivity contribution in [2.75, 3.05) is 13.1 Å². The molecule has 0 spiro atoms. The van der Waals surface area contributed by atoms with Crippen molar-refractivity contribution in [2.45, 2.75) is 38.5 Å². The number of hydrogen-bond acceptors (Lipinski definition) is 2. The van der Waals surface area contributed by atoms with E-state index in [1.807, 2.05) is 12.1 Å². The van der Waals surface area contributed by atoms with Gasteiger partial charge in [-0.15, -0.1) is 0 Å². The Balaban J connectivity index is 1.65. The molecule has 1 aromatic carbocycles. The Labute approximate surface area is 129 Å². The summed E-state index contributed by atoms with van der Waals surface area (Å²) >= 11 is 3.46. The summed E-state index contributed by atoms with van der Waals surface area (Å²) in [7, 11) is 0. The molecule has 0 unspecified atom stereocenters. The molecule has 4 heteroatoms. The lowest BCUT2D eigenvalue weighted by molar-refractivity contribution is -0.122. The van der Waals surface area contributed by atoms with Gasteiger partial charge in [0.25, 0.3) is 0 Å². The third-order valence-electron chi connectivity index (χ3n) is 4.27. The standard InChI is InChI=1S/C16H23BrN2O/c17-14-6-1-4-13(10-14)5-2-7-15(20)19-12-16(11-18)8-3-9-16/h1,4,6,10H,2-3,5,7-9,11-12,18H2,(H,19,20). The van der Waals surface area contributed by atoms with Crippen LogP contribution in [0.25, 0.3) is 0 Å². The number of aryl methyl sites for hydroxylation is 1. The van der Waals surface area contributed by atoms with Crippen LogP contribution in [0.1, 0.15) is 37.7 Å². The summed E-state index contributed by atoms with van der Waals surface area (Å²) in [5.74, 6) is 0.153. The molecule has 1 amide bonds. The fourth-order valence-electron chi connectivity index (χ4n) is 2.65. The van der Waals surface area contributed by atoms with Crippen LogP contribution in [0.3, 0.4) is 0 Å². The average Bonchev–Trinajstić information content (AvgIpc) is 2.38. The molecular formula is C16H23BrN2O. The SMILES string of the molecule is NCC1(CNC(=O)CCCc2cccc(Br)c2)CCC1.